The first-order valence-electron chi connectivity index (χ1n) is 6.68. The fourth-order valence-electron chi connectivity index (χ4n) is 2.11. The van der Waals surface area contributed by atoms with E-state index >= 15 is 0 Å². The number of aryl methyl sites for hydroxylation is 1. The molecule has 0 spiro atoms. The van der Waals surface area contributed by atoms with Crippen molar-refractivity contribution in [2.75, 3.05) is 5.75 Å². The first-order valence-corrected chi connectivity index (χ1v) is 8.46. The topological polar surface area (TPSA) is 43.9 Å². The Morgan fingerprint density at radius 2 is 2.05 bits per heavy atom. The largest absolute Gasteiger partial charge is 0.469 e. The normalized spacial score (nSPS) is 10.8. The van der Waals surface area contributed by atoms with Gasteiger partial charge in [-0.3, -0.25) is 4.57 Å². The van der Waals surface area contributed by atoms with E-state index in [0.29, 0.717) is 0 Å². The van der Waals surface area contributed by atoms with Crippen molar-refractivity contribution in [2.45, 2.75) is 12.1 Å². The second kappa shape index (κ2) is 6.54. The first-order chi connectivity index (χ1) is 10.7. The second-order valence-corrected chi connectivity index (χ2v) is 6.74. The van der Waals surface area contributed by atoms with Crippen LogP contribution in [0, 0.1) is 6.92 Å². The maximum atomic E-state index is 5.41. The Labute approximate surface area is 141 Å². The van der Waals surface area contributed by atoms with Crippen molar-refractivity contribution in [3.8, 4) is 17.1 Å². The monoisotopic (exact) mass is 375 g/mol. The quantitative estimate of drug-likeness (QED) is 0.598. The van der Waals surface area contributed by atoms with E-state index in [1.54, 1.807) is 18.0 Å². The average molecular weight is 376 g/mol. The van der Waals surface area contributed by atoms with E-state index in [4.69, 9.17) is 4.42 Å². The number of rotatable bonds is 5. The van der Waals surface area contributed by atoms with Crippen molar-refractivity contribution in [3.63, 3.8) is 0 Å². The van der Waals surface area contributed by atoms with E-state index in [9.17, 15) is 0 Å². The third kappa shape index (κ3) is 3.03. The van der Waals surface area contributed by atoms with Gasteiger partial charge in [-0.05, 0) is 29.6 Å². The van der Waals surface area contributed by atoms with E-state index < -0.39 is 0 Å². The lowest BCUT2D eigenvalue weighted by Crippen LogP contribution is -1.99. The van der Waals surface area contributed by atoms with Gasteiger partial charge in [-0.15, -0.1) is 10.2 Å². The van der Waals surface area contributed by atoms with Crippen LogP contribution in [0.15, 0.2) is 63.3 Å². The van der Waals surface area contributed by atoms with Gasteiger partial charge in [0.2, 0.25) is 0 Å². The first kappa shape index (κ1) is 15.1. The molecule has 2 heterocycles. The molecular formula is C16H14BrN3OS. The number of nitrogens with zero attached hydrogens (tertiary/aromatic N) is 3. The van der Waals surface area contributed by atoms with Crippen LogP contribution in [0.5, 0.6) is 0 Å². The summed E-state index contributed by atoms with van der Waals surface area (Å²) >= 11 is 4.97. The predicted octanol–water partition coefficient (Wildman–Crippen LogP) is 4.84. The minimum absolute atomic E-state index is 0.731. The van der Waals surface area contributed by atoms with Gasteiger partial charge in [0.1, 0.15) is 5.76 Å². The highest BCUT2D eigenvalue weighted by Gasteiger charge is 2.18. The summed E-state index contributed by atoms with van der Waals surface area (Å²) in [5.74, 6) is 2.33. The summed E-state index contributed by atoms with van der Waals surface area (Å²) in [5.41, 5.74) is 1.96. The summed E-state index contributed by atoms with van der Waals surface area (Å²) in [6.07, 6.45) is 1.67. The lowest BCUT2D eigenvalue weighted by molar-refractivity contribution is 0.535. The van der Waals surface area contributed by atoms with Gasteiger partial charge in [0.25, 0.3) is 0 Å². The van der Waals surface area contributed by atoms with Crippen LogP contribution < -0.4 is 0 Å². The van der Waals surface area contributed by atoms with Crippen molar-refractivity contribution < 1.29 is 4.42 Å². The molecule has 22 heavy (non-hydrogen) atoms. The zero-order valence-electron chi connectivity index (χ0n) is 12.0. The molecule has 1 aromatic carbocycles. The highest BCUT2D eigenvalue weighted by Crippen LogP contribution is 2.31. The molecule has 0 atom stereocenters. The molecule has 3 rings (SSSR count). The molecule has 112 valence electrons. The molecule has 0 bridgehead atoms. The van der Waals surface area contributed by atoms with Gasteiger partial charge in [-0.25, -0.2) is 0 Å². The lowest BCUT2D eigenvalue weighted by atomic mass is 10.2. The summed E-state index contributed by atoms with van der Waals surface area (Å²) < 4.78 is 8.37. The van der Waals surface area contributed by atoms with Crippen LogP contribution >= 0.6 is 27.7 Å². The smallest absolute Gasteiger partial charge is 0.196 e. The molecule has 2 aromatic heterocycles. The number of halogens is 1. The summed E-state index contributed by atoms with van der Waals surface area (Å²) in [6, 6.07) is 12.0. The molecule has 0 saturated carbocycles. The van der Waals surface area contributed by atoms with Crippen LogP contribution in [-0.2, 0) is 0 Å². The van der Waals surface area contributed by atoms with Gasteiger partial charge < -0.3 is 4.42 Å². The van der Waals surface area contributed by atoms with Crippen LogP contribution in [0.25, 0.3) is 17.1 Å². The molecule has 0 N–H and O–H groups in total. The summed E-state index contributed by atoms with van der Waals surface area (Å²) in [7, 11) is 0. The Balaban J connectivity index is 2.11. The highest BCUT2D eigenvalue weighted by molar-refractivity contribution is 9.11. The molecule has 3 aromatic rings. The van der Waals surface area contributed by atoms with Crippen molar-refractivity contribution in [3.05, 3.63) is 59.5 Å². The van der Waals surface area contributed by atoms with E-state index in [1.807, 2.05) is 47.9 Å². The number of aromatic nitrogens is 3. The SMILES string of the molecule is C=C(Br)CSc1nnc(-c2ccoc2C)n1-c1ccccc1. The van der Waals surface area contributed by atoms with Gasteiger partial charge in [-0.2, -0.15) is 0 Å². The molecule has 0 aliphatic carbocycles. The Morgan fingerprint density at radius 3 is 2.68 bits per heavy atom. The Kier molecular flexibility index (Phi) is 4.49. The minimum Gasteiger partial charge on any atom is -0.469 e. The van der Waals surface area contributed by atoms with Crippen LogP contribution in [0.2, 0.25) is 0 Å². The molecular weight excluding hydrogens is 362 g/mol. The summed E-state index contributed by atoms with van der Waals surface area (Å²) in [5, 5.41) is 9.52. The molecule has 4 nitrogen and oxygen atoms in total. The molecule has 0 aliphatic rings. The zero-order valence-corrected chi connectivity index (χ0v) is 14.4. The number of hydrogen-bond donors (Lipinski definition) is 0. The van der Waals surface area contributed by atoms with Crippen molar-refractivity contribution in [2.24, 2.45) is 0 Å². The number of benzene rings is 1. The Morgan fingerprint density at radius 1 is 1.27 bits per heavy atom. The molecule has 0 saturated heterocycles. The van der Waals surface area contributed by atoms with Crippen LogP contribution in [-0.4, -0.2) is 20.5 Å². The fourth-order valence-corrected chi connectivity index (χ4v) is 3.16. The van der Waals surface area contributed by atoms with Crippen LogP contribution in [0.4, 0.5) is 0 Å². The van der Waals surface area contributed by atoms with Gasteiger partial charge in [-0.1, -0.05) is 52.5 Å². The summed E-state index contributed by atoms with van der Waals surface area (Å²) in [4.78, 5) is 0. The standard InChI is InChI=1S/C16H14BrN3OS/c1-11(17)10-22-16-19-18-15(14-8-9-21-12(14)2)20(16)13-6-4-3-5-7-13/h3-9H,1,10H2,2H3. The fraction of sp³-hybridized carbons (Fsp3) is 0.125. The van der Waals surface area contributed by atoms with Gasteiger partial charge in [0.15, 0.2) is 11.0 Å². The van der Waals surface area contributed by atoms with E-state index in [-0.39, 0.29) is 0 Å². The molecule has 0 unspecified atom stereocenters. The number of hydrogen-bond acceptors (Lipinski definition) is 4. The second-order valence-electron chi connectivity index (χ2n) is 4.67. The van der Waals surface area contributed by atoms with Crippen LogP contribution in [0.1, 0.15) is 5.76 Å². The van der Waals surface area contributed by atoms with Gasteiger partial charge in [0.05, 0.1) is 11.8 Å². The minimum atomic E-state index is 0.731. The molecule has 6 heteroatoms. The lowest BCUT2D eigenvalue weighted by Gasteiger charge is -2.09. The van der Waals surface area contributed by atoms with Crippen molar-refractivity contribution in [1.29, 1.82) is 0 Å². The van der Waals surface area contributed by atoms with Crippen LogP contribution in [0.3, 0.4) is 0 Å². The van der Waals surface area contributed by atoms with E-state index in [1.165, 1.54) is 0 Å². The van der Waals surface area contributed by atoms with Crippen molar-refractivity contribution in [1.82, 2.24) is 14.8 Å². The predicted molar refractivity (Wildman–Crippen MR) is 92.6 cm³/mol. The van der Waals surface area contributed by atoms with Crippen molar-refractivity contribution >= 4 is 27.7 Å². The molecule has 0 fully saturated rings. The zero-order chi connectivity index (χ0) is 15.5. The third-order valence-corrected chi connectivity index (χ3v) is 4.77. The number of thioether (sulfide) groups is 1. The summed E-state index contributed by atoms with van der Waals surface area (Å²) in [6.45, 7) is 5.79. The van der Waals surface area contributed by atoms with E-state index in [2.05, 4.69) is 32.7 Å². The maximum absolute atomic E-state index is 5.41. The van der Waals surface area contributed by atoms with Gasteiger partial charge in [0, 0.05) is 11.4 Å². The molecule has 0 aliphatic heterocycles. The highest BCUT2D eigenvalue weighted by atomic mass is 79.9. The van der Waals surface area contributed by atoms with Gasteiger partial charge >= 0.3 is 0 Å². The molecule has 0 radical (unpaired) electrons. The number of para-hydroxylation sites is 1. The number of furan rings is 1. The maximum Gasteiger partial charge on any atom is 0.196 e. The Hall–Kier alpha value is -1.79. The van der Waals surface area contributed by atoms with E-state index in [0.717, 1.165) is 38.2 Å². The average Bonchev–Trinajstić information content (AvgIpc) is 3.11. The Bertz CT molecular complexity index is 795. The molecule has 0 amide bonds. The third-order valence-electron chi connectivity index (χ3n) is 3.11.